The Labute approximate surface area is 210 Å². The minimum atomic E-state index is -0.172. The summed E-state index contributed by atoms with van der Waals surface area (Å²) >= 11 is 0. The number of allylic oxidation sites excluding steroid dienone is 2. The molecule has 3 aliphatic carbocycles. The van der Waals surface area contributed by atoms with E-state index in [0.29, 0.717) is 29.6 Å². The number of hydrogen-bond acceptors (Lipinski definition) is 3. The summed E-state index contributed by atoms with van der Waals surface area (Å²) in [6.07, 6.45) is 11.1. The Hall–Kier alpha value is -2.14. The van der Waals surface area contributed by atoms with E-state index in [4.69, 9.17) is 0 Å². The highest BCUT2D eigenvalue weighted by molar-refractivity contribution is 5.93. The SMILES string of the molecule is CC1=C(CCCC(=O)Nc2ccc3c(c2)ncn3C)[C@@H]2CC[C@H]3C(C)(C)[C@@H](O)CC[C@]3(C)[C@H]2CC1. The molecule has 1 aromatic heterocycles. The lowest BCUT2D eigenvalue weighted by molar-refractivity contribution is -0.149. The molecule has 0 spiro atoms. The summed E-state index contributed by atoms with van der Waals surface area (Å²) in [4.78, 5) is 17.1. The van der Waals surface area contributed by atoms with Gasteiger partial charge in [0.15, 0.2) is 0 Å². The molecular formula is C30H43N3O2. The Morgan fingerprint density at radius 1 is 1.20 bits per heavy atom. The van der Waals surface area contributed by atoms with Crippen LogP contribution in [0.4, 0.5) is 5.69 Å². The topological polar surface area (TPSA) is 67.2 Å². The summed E-state index contributed by atoms with van der Waals surface area (Å²) in [5.41, 5.74) is 6.34. The number of aromatic nitrogens is 2. The average molecular weight is 478 g/mol. The van der Waals surface area contributed by atoms with E-state index in [1.54, 1.807) is 17.5 Å². The molecule has 0 aliphatic heterocycles. The fourth-order valence-corrected chi connectivity index (χ4v) is 8.30. The maximum atomic E-state index is 12.7. The number of amides is 1. The van der Waals surface area contributed by atoms with E-state index >= 15 is 0 Å². The second-order valence-electron chi connectivity index (χ2n) is 12.5. The molecule has 5 nitrogen and oxygen atoms in total. The van der Waals surface area contributed by atoms with Crippen LogP contribution in [0.5, 0.6) is 0 Å². The van der Waals surface area contributed by atoms with Gasteiger partial charge in [-0.25, -0.2) is 4.98 Å². The Balaban J connectivity index is 1.22. The van der Waals surface area contributed by atoms with E-state index in [-0.39, 0.29) is 17.4 Å². The number of anilines is 1. The van der Waals surface area contributed by atoms with Gasteiger partial charge in [-0.2, -0.15) is 0 Å². The van der Waals surface area contributed by atoms with Crippen molar-refractivity contribution in [2.24, 2.45) is 35.6 Å². The number of benzene rings is 1. The molecular weight excluding hydrogens is 434 g/mol. The number of carbonyl (C=O) groups is 1. The van der Waals surface area contributed by atoms with Crippen LogP contribution in [0.25, 0.3) is 11.0 Å². The van der Waals surface area contributed by atoms with Gasteiger partial charge in [-0.05, 0) is 105 Å². The number of carbonyl (C=O) groups excluding carboxylic acids is 1. The van der Waals surface area contributed by atoms with Crippen molar-refractivity contribution in [3.8, 4) is 0 Å². The minimum absolute atomic E-state index is 0.00467. The summed E-state index contributed by atoms with van der Waals surface area (Å²) in [6, 6.07) is 5.92. The predicted molar refractivity (Wildman–Crippen MR) is 142 cm³/mol. The highest BCUT2D eigenvalue weighted by Crippen LogP contribution is 2.64. The van der Waals surface area contributed by atoms with Gasteiger partial charge < -0.3 is 15.0 Å². The molecule has 1 heterocycles. The first-order chi connectivity index (χ1) is 16.6. The number of nitrogens with one attached hydrogen (secondary N) is 1. The Bertz CT molecular complexity index is 1150. The largest absolute Gasteiger partial charge is 0.393 e. The van der Waals surface area contributed by atoms with E-state index in [0.717, 1.165) is 42.4 Å². The van der Waals surface area contributed by atoms with Crippen molar-refractivity contribution in [3.63, 3.8) is 0 Å². The van der Waals surface area contributed by atoms with Crippen molar-refractivity contribution in [3.05, 3.63) is 35.7 Å². The lowest BCUT2D eigenvalue weighted by Crippen LogP contribution is -2.56. The van der Waals surface area contributed by atoms with Crippen LogP contribution < -0.4 is 5.32 Å². The van der Waals surface area contributed by atoms with Crippen molar-refractivity contribution in [1.82, 2.24) is 9.55 Å². The summed E-state index contributed by atoms with van der Waals surface area (Å²) in [7, 11) is 1.98. The van der Waals surface area contributed by atoms with Crippen LogP contribution in [-0.2, 0) is 11.8 Å². The second kappa shape index (κ2) is 9.06. The molecule has 0 unspecified atom stereocenters. The zero-order chi connectivity index (χ0) is 25.0. The zero-order valence-electron chi connectivity index (χ0n) is 22.2. The molecule has 35 heavy (non-hydrogen) atoms. The molecule has 0 saturated heterocycles. The highest BCUT2D eigenvalue weighted by atomic mass is 16.3. The molecule has 190 valence electrons. The number of aliphatic hydroxyl groups excluding tert-OH is 1. The van der Waals surface area contributed by atoms with Crippen molar-refractivity contribution in [1.29, 1.82) is 0 Å². The lowest BCUT2D eigenvalue weighted by Gasteiger charge is -2.62. The Morgan fingerprint density at radius 2 is 2.00 bits per heavy atom. The van der Waals surface area contributed by atoms with Crippen molar-refractivity contribution in [2.75, 3.05) is 5.32 Å². The first kappa shape index (κ1) is 24.5. The Morgan fingerprint density at radius 3 is 2.80 bits per heavy atom. The van der Waals surface area contributed by atoms with Crippen LogP contribution in [-0.4, -0.2) is 26.7 Å². The number of nitrogens with zero attached hydrogens (tertiary/aromatic N) is 2. The fraction of sp³-hybridized carbons (Fsp3) is 0.667. The highest BCUT2D eigenvalue weighted by Gasteiger charge is 2.58. The molecule has 2 saturated carbocycles. The summed E-state index contributed by atoms with van der Waals surface area (Å²) in [6.45, 7) is 9.47. The van der Waals surface area contributed by atoms with E-state index in [9.17, 15) is 9.90 Å². The lowest BCUT2D eigenvalue weighted by atomic mass is 9.43. The van der Waals surface area contributed by atoms with Crippen LogP contribution in [0.15, 0.2) is 35.7 Å². The Kier molecular flexibility index (Phi) is 6.36. The van der Waals surface area contributed by atoms with Gasteiger partial charge in [0.1, 0.15) is 0 Å². The third kappa shape index (κ3) is 4.24. The van der Waals surface area contributed by atoms with Crippen LogP contribution in [0, 0.1) is 28.6 Å². The normalized spacial score (nSPS) is 32.3. The van der Waals surface area contributed by atoms with Gasteiger partial charge in [-0.3, -0.25) is 4.79 Å². The predicted octanol–water partition coefficient (Wildman–Crippen LogP) is 6.62. The van der Waals surface area contributed by atoms with Gasteiger partial charge in [0.25, 0.3) is 0 Å². The van der Waals surface area contributed by atoms with Crippen LogP contribution >= 0.6 is 0 Å². The molecule has 3 aliphatic rings. The van der Waals surface area contributed by atoms with Gasteiger partial charge in [0, 0.05) is 19.2 Å². The van der Waals surface area contributed by atoms with Crippen molar-refractivity contribution in [2.45, 2.75) is 91.6 Å². The average Bonchev–Trinajstić information content (AvgIpc) is 3.18. The maximum absolute atomic E-state index is 12.7. The van der Waals surface area contributed by atoms with Gasteiger partial charge >= 0.3 is 0 Å². The summed E-state index contributed by atoms with van der Waals surface area (Å²) in [5.74, 6) is 2.06. The zero-order valence-corrected chi connectivity index (χ0v) is 22.2. The number of fused-ring (bicyclic) bond motifs is 4. The molecule has 1 aromatic carbocycles. The van der Waals surface area contributed by atoms with Gasteiger partial charge in [0.2, 0.25) is 5.91 Å². The van der Waals surface area contributed by atoms with Gasteiger partial charge in [-0.15, -0.1) is 0 Å². The molecule has 0 radical (unpaired) electrons. The number of aryl methyl sites for hydroxylation is 1. The van der Waals surface area contributed by atoms with E-state index in [1.165, 1.54) is 25.7 Å². The first-order valence-electron chi connectivity index (χ1n) is 13.7. The van der Waals surface area contributed by atoms with Crippen molar-refractivity contribution >= 4 is 22.6 Å². The van der Waals surface area contributed by atoms with E-state index in [1.807, 2.05) is 29.8 Å². The van der Waals surface area contributed by atoms with Crippen LogP contribution in [0.3, 0.4) is 0 Å². The first-order valence-corrected chi connectivity index (χ1v) is 13.7. The maximum Gasteiger partial charge on any atom is 0.224 e. The molecule has 5 heteroatoms. The quantitative estimate of drug-likeness (QED) is 0.475. The minimum Gasteiger partial charge on any atom is -0.393 e. The molecule has 1 amide bonds. The summed E-state index contributed by atoms with van der Waals surface area (Å²) in [5, 5.41) is 13.8. The molecule has 2 aromatic rings. The van der Waals surface area contributed by atoms with E-state index < -0.39 is 0 Å². The molecule has 0 bridgehead atoms. The van der Waals surface area contributed by atoms with Gasteiger partial charge in [-0.1, -0.05) is 31.9 Å². The third-order valence-electron chi connectivity index (χ3n) is 10.3. The standard InChI is InChI=1S/C30H43N3O2/c1-19-9-12-23-22(11-14-26-29(2,3)27(34)15-16-30(23,26)4)21(19)7-6-8-28(35)32-20-10-13-25-24(17-20)31-18-33(25)5/h10,13,17-18,22-23,26-27,34H,6-9,11-12,14-16H2,1-5H3,(H,32,35)/t22-,23-,26-,27-,30+/m0/s1. The molecule has 2 N–H and O–H groups in total. The number of rotatable bonds is 5. The van der Waals surface area contributed by atoms with Crippen LogP contribution in [0.1, 0.15) is 85.5 Å². The van der Waals surface area contributed by atoms with Crippen LogP contribution in [0.2, 0.25) is 0 Å². The fourth-order valence-electron chi connectivity index (χ4n) is 8.30. The number of hydrogen-bond donors (Lipinski definition) is 2. The number of aliphatic hydroxyl groups is 1. The van der Waals surface area contributed by atoms with Crippen molar-refractivity contribution < 1.29 is 9.90 Å². The second-order valence-corrected chi connectivity index (χ2v) is 12.5. The third-order valence-corrected chi connectivity index (χ3v) is 10.3. The monoisotopic (exact) mass is 477 g/mol. The molecule has 2 fully saturated rings. The molecule has 5 rings (SSSR count). The molecule has 5 atom stereocenters. The van der Waals surface area contributed by atoms with E-state index in [2.05, 4.69) is 38.0 Å². The number of imidazole rings is 1. The van der Waals surface area contributed by atoms with Gasteiger partial charge in [0.05, 0.1) is 23.5 Å². The smallest absolute Gasteiger partial charge is 0.224 e. The summed E-state index contributed by atoms with van der Waals surface area (Å²) < 4.78 is 1.98.